The van der Waals surface area contributed by atoms with Gasteiger partial charge in [0.05, 0.1) is 7.11 Å². The average Bonchev–Trinajstić information content (AvgIpc) is 2.46. The summed E-state index contributed by atoms with van der Waals surface area (Å²) in [6.45, 7) is 3.08. The van der Waals surface area contributed by atoms with Gasteiger partial charge in [0.2, 0.25) is 0 Å². The zero-order valence-electron chi connectivity index (χ0n) is 11.3. The third-order valence-electron chi connectivity index (χ3n) is 2.98. The van der Waals surface area contributed by atoms with Gasteiger partial charge in [0.25, 0.3) is 0 Å². The Morgan fingerprint density at radius 3 is 2.26 bits per heavy atom. The van der Waals surface area contributed by atoms with E-state index in [1.54, 1.807) is 7.11 Å². The number of methoxy groups -OCH3 is 1. The summed E-state index contributed by atoms with van der Waals surface area (Å²) < 4.78 is 11.1. The standard InChI is InChI=1S/C16H19NO2/c1-12-3-5-13(6-4-12)11-19-16-9-14(10-17)7-8-15(16)18-2/h3-9H,10-11,17H2,1-2H3. The van der Waals surface area contributed by atoms with Crippen LogP contribution in [0, 0.1) is 6.92 Å². The molecule has 0 unspecified atom stereocenters. The Labute approximate surface area is 114 Å². The summed E-state index contributed by atoms with van der Waals surface area (Å²) in [5, 5.41) is 0. The molecule has 0 amide bonds. The van der Waals surface area contributed by atoms with Gasteiger partial charge >= 0.3 is 0 Å². The van der Waals surface area contributed by atoms with E-state index in [1.165, 1.54) is 5.56 Å². The maximum Gasteiger partial charge on any atom is 0.161 e. The molecular formula is C16H19NO2. The Hall–Kier alpha value is -2.00. The van der Waals surface area contributed by atoms with Crippen molar-refractivity contribution in [3.63, 3.8) is 0 Å². The van der Waals surface area contributed by atoms with Gasteiger partial charge in [-0.1, -0.05) is 35.9 Å². The molecule has 0 atom stereocenters. The van der Waals surface area contributed by atoms with Crippen molar-refractivity contribution in [2.24, 2.45) is 5.73 Å². The Kier molecular flexibility index (Phi) is 4.42. The topological polar surface area (TPSA) is 44.5 Å². The van der Waals surface area contributed by atoms with Crippen LogP contribution in [0.2, 0.25) is 0 Å². The molecule has 2 N–H and O–H groups in total. The lowest BCUT2D eigenvalue weighted by atomic mass is 10.1. The fraction of sp³-hybridized carbons (Fsp3) is 0.250. The van der Waals surface area contributed by atoms with Gasteiger partial charge in [-0.05, 0) is 30.2 Å². The molecule has 19 heavy (non-hydrogen) atoms. The van der Waals surface area contributed by atoms with E-state index in [0.717, 1.165) is 22.6 Å². The molecule has 0 aromatic heterocycles. The van der Waals surface area contributed by atoms with E-state index in [2.05, 4.69) is 31.2 Å². The van der Waals surface area contributed by atoms with Crippen LogP contribution in [0.5, 0.6) is 11.5 Å². The summed E-state index contributed by atoms with van der Waals surface area (Å²) in [6.07, 6.45) is 0. The minimum absolute atomic E-state index is 0.491. The highest BCUT2D eigenvalue weighted by molar-refractivity contribution is 5.43. The van der Waals surface area contributed by atoms with Crippen molar-refractivity contribution in [1.29, 1.82) is 0 Å². The fourth-order valence-electron chi connectivity index (χ4n) is 1.81. The van der Waals surface area contributed by atoms with Crippen LogP contribution in [0.25, 0.3) is 0 Å². The molecule has 0 saturated heterocycles. The summed E-state index contributed by atoms with van der Waals surface area (Å²) in [5.74, 6) is 1.45. The summed E-state index contributed by atoms with van der Waals surface area (Å²) in [4.78, 5) is 0. The van der Waals surface area contributed by atoms with Crippen molar-refractivity contribution in [1.82, 2.24) is 0 Å². The lowest BCUT2D eigenvalue weighted by molar-refractivity contribution is 0.284. The molecular weight excluding hydrogens is 238 g/mol. The number of ether oxygens (including phenoxy) is 2. The second kappa shape index (κ2) is 6.25. The van der Waals surface area contributed by atoms with Crippen molar-refractivity contribution >= 4 is 0 Å². The summed E-state index contributed by atoms with van der Waals surface area (Å²) >= 11 is 0. The Morgan fingerprint density at radius 2 is 1.63 bits per heavy atom. The van der Waals surface area contributed by atoms with Gasteiger partial charge in [0, 0.05) is 6.54 Å². The van der Waals surface area contributed by atoms with Crippen molar-refractivity contribution in [2.75, 3.05) is 7.11 Å². The van der Waals surface area contributed by atoms with E-state index < -0.39 is 0 Å². The third kappa shape index (κ3) is 3.48. The van der Waals surface area contributed by atoms with Gasteiger partial charge in [-0.25, -0.2) is 0 Å². The van der Waals surface area contributed by atoms with Gasteiger partial charge in [0.15, 0.2) is 11.5 Å². The first-order valence-electron chi connectivity index (χ1n) is 6.28. The molecule has 2 rings (SSSR count). The van der Waals surface area contributed by atoms with Crippen LogP contribution in [-0.2, 0) is 13.2 Å². The van der Waals surface area contributed by atoms with Gasteiger partial charge in [0.1, 0.15) is 6.61 Å². The molecule has 0 radical (unpaired) electrons. The van der Waals surface area contributed by atoms with Crippen LogP contribution in [0.4, 0.5) is 0 Å². The molecule has 0 aliphatic carbocycles. The van der Waals surface area contributed by atoms with Crippen LogP contribution in [0.15, 0.2) is 42.5 Å². The summed E-state index contributed by atoms with van der Waals surface area (Å²) in [7, 11) is 1.64. The molecule has 0 saturated carbocycles. The number of rotatable bonds is 5. The number of hydrogen-bond acceptors (Lipinski definition) is 3. The smallest absolute Gasteiger partial charge is 0.161 e. The number of nitrogens with two attached hydrogens (primary N) is 1. The molecule has 0 fully saturated rings. The average molecular weight is 257 g/mol. The molecule has 0 bridgehead atoms. The first kappa shape index (κ1) is 13.4. The summed E-state index contributed by atoms with van der Waals surface area (Å²) in [5.41, 5.74) is 9.04. The molecule has 0 aliphatic rings. The van der Waals surface area contributed by atoms with E-state index in [0.29, 0.717) is 13.2 Å². The van der Waals surface area contributed by atoms with E-state index >= 15 is 0 Å². The van der Waals surface area contributed by atoms with Crippen molar-refractivity contribution in [2.45, 2.75) is 20.1 Å². The van der Waals surface area contributed by atoms with E-state index in [1.807, 2.05) is 18.2 Å². The fourth-order valence-corrected chi connectivity index (χ4v) is 1.81. The minimum atomic E-state index is 0.491. The van der Waals surface area contributed by atoms with Gasteiger partial charge in [-0.15, -0.1) is 0 Å². The number of benzene rings is 2. The Bertz CT molecular complexity index is 535. The molecule has 2 aromatic carbocycles. The Balaban J connectivity index is 2.11. The van der Waals surface area contributed by atoms with E-state index in [9.17, 15) is 0 Å². The third-order valence-corrected chi connectivity index (χ3v) is 2.98. The zero-order valence-corrected chi connectivity index (χ0v) is 11.3. The molecule has 3 nitrogen and oxygen atoms in total. The number of aryl methyl sites for hydroxylation is 1. The second-order valence-electron chi connectivity index (χ2n) is 4.46. The predicted molar refractivity (Wildman–Crippen MR) is 76.4 cm³/mol. The van der Waals surface area contributed by atoms with Crippen LogP contribution in [-0.4, -0.2) is 7.11 Å². The highest BCUT2D eigenvalue weighted by Crippen LogP contribution is 2.28. The second-order valence-corrected chi connectivity index (χ2v) is 4.46. The van der Waals surface area contributed by atoms with Gasteiger partial charge in [-0.2, -0.15) is 0 Å². The largest absolute Gasteiger partial charge is 0.493 e. The van der Waals surface area contributed by atoms with Crippen LogP contribution in [0.3, 0.4) is 0 Å². The normalized spacial score (nSPS) is 10.3. The van der Waals surface area contributed by atoms with E-state index in [-0.39, 0.29) is 0 Å². The Morgan fingerprint density at radius 1 is 0.947 bits per heavy atom. The van der Waals surface area contributed by atoms with Gasteiger partial charge < -0.3 is 15.2 Å². The molecule has 0 aliphatic heterocycles. The first-order chi connectivity index (χ1) is 9.22. The molecule has 2 aromatic rings. The van der Waals surface area contributed by atoms with Crippen molar-refractivity contribution in [3.05, 3.63) is 59.2 Å². The van der Waals surface area contributed by atoms with Gasteiger partial charge in [-0.3, -0.25) is 0 Å². The van der Waals surface area contributed by atoms with Crippen LogP contribution >= 0.6 is 0 Å². The van der Waals surface area contributed by atoms with Crippen LogP contribution in [0.1, 0.15) is 16.7 Å². The van der Waals surface area contributed by atoms with Crippen LogP contribution < -0.4 is 15.2 Å². The number of hydrogen-bond donors (Lipinski definition) is 1. The highest BCUT2D eigenvalue weighted by Gasteiger charge is 2.05. The highest BCUT2D eigenvalue weighted by atomic mass is 16.5. The maximum atomic E-state index is 5.82. The van der Waals surface area contributed by atoms with Crippen molar-refractivity contribution in [3.8, 4) is 11.5 Å². The molecule has 3 heteroatoms. The lowest BCUT2D eigenvalue weighted by Crippen LogP contribution is -2.01. The lowest BCUT2D eigenvalue weighted by Gasteiger charge is -2.12. The quantitative estimate of drug-likeness (QED) is 0.895. The molecule has 0 spiro atoms. The minimum Gasteiger partial charge on any atom is -0.493 e. The van der Waals surface area contributed by atoms with E-state index in [4.69, 9.17) is 15.2 Å². The summed E-state index contributed by atoms with van der Waals surface area (Å²) in [6, 6.07) is 14.0. The predicted octanol–water partition coefficient (Wildman–Crippen LogP) is 3.04. The monoisotopic (exact) mass is 257 g/mol. The SMILES string of the molecule is COc1ccc(CN)cc1OCc1ccc(C)cc1. The van der Waals surface area contributed by atoms with Crippen molar-refractivity contribution < 1.29 is 9.47 Å². The maximum absolute atomic E-state index is 5.82. The first-order valence-corrected chi connectivity index (χ1v) is 6.28. The molecule has 100 valence electrons. The molecule has 0 heterocycles. The zero-order chi connectivity index (χ0) is 13.7.